The molecule has 0 aliphatic carbocycles. The molecule has 0 bridgehead atoms. The fourth-order valence-corrected chi connectivity index (χ4v) is 6.27. The van der Waals surface area contributed by atoms with Crippen LogP contribution in [0.3, 0.4) is 0 Å². The summed E-state index contributed by atoms with van der Waals surface area (Å²) in [6.45, 7) is 8.93. The fourth-order valence-electron chi connectivity index (χ4n) is 3.54. The molecule has 1 rings (SSSR count). The van der Waals surface area contributed by atoms with Gasteiger partial charge in [-0.1, -0.05) is 52.0 Å². The van der Waals surface area contributed by atoms with Crippen LogP contribution in [0.25, 0.3) is 0 Å². The Bertz CT molecular complexity index is 873. The van der Waals surface area contributed by atoms with E-state index in [4.69, 9.17) is 15.0 Å². The van der Waals surface area contributed by atoms with E-state index in [1.54, 1.807) is 58.9 Å². The van der Waals surface area contributed by atoms with Crippen molar-refractivity contribution in [1.82, 2.24) is 5.32 Å². The number of carbonyl (C=O) groups excluding carboxylic acids is 2. The highest BCUT2D eigenvalue weighted by Gasteiger charge is 2.40. The van der Waals surface area contributed by atoms with Gasteiger partial charge in [-0.05, 0) is 36.8 Å². The highest BCUT2D eigenvalue weighted by atomic mass is 31.2. The normalized spacial score (nSPS) is 16.5. The van der Waals surface area contributed by atoms with Gasteiger partial charge in [0.05, 0.1) is 18.3 Å². The molecule has 0 saturated carbocycles. The first-order chi connectivity index (χ1) is 17.0. The minimum absolute atomic E-state index is 0.0104. The van der Waals surface area contributed by atoms with E-state index < -0.39 is 43.8 Å². The average molecular weight is 535 g/mol. The highest BCUT2D eigenvalue weighted by molar-refractivity contribution is 7.59. The summed E-state index contributed by atoms with van der Waals surface area (Å²) >= 11 is 0. The van der Waals surface area contributed by atoms with E-state index in [-0.39, 0.29) is 38.1 Å². The van der Waals surface area contributed by atoms with Crippen LogP contribution in [0.1, 0.15) is 77.3 Å². The van der Waals surface area contributed by atoms with E-state index in [1.807, 2.05) is 0 Å². The molecule has 1 aromatic carbocycles. The maximum atomic E-state index is 14.2. The second-order valence-corrected chi connectivity index (χ2v) is 11.6. The number of alkyl carbamates (subject to hydrolysis) is 1. The van der Waals surface area contributed by atoms with Crippen LogP contribution >= 0.6 is 7.37 Å². The number of amides is 1. The first-order valence-corrected chi connectivity index (χ1v) is 14.4. The monoisotopic (exact) mass is 534 g/mol. The first-order valence-electron chi connectivity index (χ1n) is 12.5. The number of esters is 1. The summed E-state index contributed by atoms with van der Waals surface area (Å²) in [5.41, 5.74) is 7.19. The Kier molecular flexibility index (Phi) is 14.2. The summed E-state index contributed by atoms with van der Waals surface area (Å²) < 4.78 is 56.7. The molecule has 0 aliphatic rings. The van der Waals surface area contributed by atoms with E-state index in [2.05, 4.69) is 10.1 Å². The molecule has 0 aliphatic heterocycles. The van der Waals surface area contributed by atoms with Crippen molar-refractivity contribution in [2.45, 2.75) is 91.3 Å². The number of benzene rings is 1. The topological polar surface area (TPSA) is 117 Å². The number of alkyl halides is 2. The summed E-state index contributed by atoms with van der Waals surface area (Å²) in [6.07, 6.45) is -3.55. The van der Waals surface area contributed by atoms with Gasteiger partial charge in [0, 0.05) is 25.5 Å². The molecule has 0 radical (unpaired) electrons. The van der Waals surface area contributed by atoms with Crippen molar-refractivity contribution in [3.63, 3.8) is 0 Å². The van der Waals surface area contributed by atoms with Gasteiger partial charge in [0.15, 0.2) is 0 Å². The van der Waals surface area contributed by atoms with Crippen LogP contribution in [0.15, 0.2) is 24.3 Å². The maximum absolute atomic E-state index is 14.2. The smallest absolute Gasteiger partial charge is 0.409 e. The molecule has 0 heterocycles. The lowest BCUT2D eigenvalue weighted by molar-refractivity contribution is -0.159. The van der Waals surface area contributed by atoms with Gasteiger partial charge in [0.25, 0.3) is 0 Å². The minimum Gasteiger partial charge on any atom is -0.431 e. The van der Waals surface area contributed by atoms with Gasteiger partial charge in [-0.2, -0.15) is 0 Å². The second-order valence-electron chi connectivity index (χ2n) is 8.95. The molecule has 0 saturated heterocycles. The van der Waals surface area contributed by atoms with Gasteiger partial charge in [-0.15, -0.1) is 0 Å². The SMILES string of the molecule is CCCC(F)OC(=O)NCc1cccc(C(CP(=O)(OCC)C(N)C(C)C)C(=O)OC(F)CCC)c1. The molecule has 0 spiro atoms. The van der Waals surface area contributed by atoms with Crippen LogP contribution in [-0.4, -0.2) is 43.3 Å². The Morgan fingerprint density at radius 3 is 2.22 bits per heavy atom. The molecule has 3 N–H and O–H groups in total. The molecular formula is C25H41F2N2O6P. The van der Waals surface area contributed by atoms with Crippen LogP contribution in [0.2, 0.25) is 0 Å². The quantitative estimate of drug-likeness (QED) is 0.198. The van der Waals surface area contributed by atoms with E-state index in [1.165, 1.54) is 0 Å². The van der Waals surface area contributed by atoms with Crippen LogP contribution in [0.4, 0.5) is 13.6 Å². The van der Waals surface area contributed by atoms with Gasteiger partial charge in [-0.25, -0.2) is 13.6 Å². The van der Waals surface area contributed by atoms with E-state index >= 15 is 0 Å². The van der Waals surface area contributed by atoms with Crippen molar-refractivity contribution in [2.24, 2.45) is 11.7 Å². The fraction of sp³-hybridized carbons (Fsp3) is 0.680. The Morgan fingerprint density at radius 2 is 1.67 bits per heavy atom. The lowest BCUT2D eigenvalue weighted by Crippen LogP contribution is -2.32. The second kappa shape index (κ2) is 15.9. The molecule has 1 aromatic rings. The summed E-state index contributed by atoms with van der Waals surface area (Å²) in [5.74, 6) is -3.02. The number of ether oxygens (including phenoxy) is 2. The maximum Gasteiger partial charge on any atom is 0.409 e. The molecule has 8 nitrogen and oxygen atoms in total. The number of nitrogens with one attached hydrogen (secondary N) is 1. The van der Waals surface area contributed by atoms with Crippen LogP contribution in [0, 0.1) is 5.92 Å². The summed E-state index contributed by atoms with van der Waals surface area (Å²) in [5, 5.41) is 2.46. The summed E-state index contributed by atoms with van der Waals surface area (Å²) in [6, 6.07) is 6.55. The number of halogens is 2. The Morgan fingerprint density at radius 1 is 1.06 bits per heavy atom. The van der Waals surface area contributed by atoms with Crippen molar-refractivity contribution in [1.29, 1.82) is 0 Å². The zero-order chi connectivity index (χ0) is 27.3. The Hall–Kier alpha value is -2.03. The van der Waals surface area contributed by atoms with Crippen molar-refractivity contribution in [3.8, 4) is 0 Å². The highest BCUT2D eigenvalue weighted by Crippen LogP contribution is 2.55. The lowest BCUT2D eigenvalue weighted by Gasteiger charge is -2.30. The van der Waals surface area contributed by atoms with Gasteiger partial charge in [-0.3, -0.25) is 9.36 Å². The van der Waals surface area contributed by atoms with Crippen molar-refractivity contribution in [2.75, 3.05) is 12.8 Å². The molecule has 5 unspecified atom stereocenters. The van der Waals surface area contributed by atoms with Gasteiger partial charge < -0.3 is 25.0 Å². The third-order valence-electron chi connectivity index (χ3n) is 5.51. The van der Waals surface area contributed by atoms with Crippen molar-refractivity contribution < 1.29 is 36.9 Å². The van der Waals surface area contributed by atoms with Crippen molar-refractivity contribution in [3.05, 3.63) is 35.4 Å². The van der Waals surface area contributed by atoms with Crippen LogP contribution in [0.5, 0.6) is 0 Å². The molecule has 11 heteroatoms. The third kappa shape index (κ3) is 10.5. The predicted molar refractivity (Wildman–Crippen MR) is 135 cm³/mol. The molecule has 5 atom stereocenters. The molecule has 0 fully saturated rings. The first kappa shape index (κ1) is 32.0. The molecule has 1 amide bonds. The standard InChI is InChI=1S/C25H41F2N2O6P/c1-6-10-21(26)34-24(30)20(16-36(32,33-8-3)23(28)17(4)5)19-13-9-12-18(14-19)15-29-25(31)35-22(27)11-7-2/h9,12-14,17,20-23H,6-8,10-11,15-16,28H2,1-5H3,(H,29,31). The van der Waals surface area contributed by atoms with Crippen LogP contribution < -0.4 is 11.1 Å². The summed E-state index contributed by atoms with van der Waals surface area (Å²) in [4.78, 5) is 24.9. The van der Waals surface area contributed by atoms with E-state index in [9.17, 15) is 22.9 Å². The van der Waals surface area contributed by atoms with Gasteiger partial charge in [0.1, 0.15) is 0 Å². The van der Waals surface area contributed by atoms with Gasteiger partial charge in [0.2, 0.25) is 20.1 Å². The number of rotatable bonds is 16. The average Bonchev–Trinajstić information content (AvgIpc) is 2.81. The Labute approximate surface area is 213 Å². The molecule has 36 heavy (non-hydrogen) atoms. The largest absolute Gasteiger partial charge is 0.431 e. The van der Waals surface area contributed by atoms with Crippen LogP contribution in [-0.2, 0) is 29.9 Å². The number of nitrogens with two attached hydrogens (primary N) is 1. The van der Waals surface area contributed by atoms with Crippen molar-refractivity contribution >= 4 is 19.4 Å². The van der Waals surface area contributed by atoms with E-state index in [0.29, 0.717) is 24.0 Å². The lowest BCUT2D eigenvalue weighted by atomic mass is 9.99. The van der Waals surface area contributed by atoms with Gasteiger partial charge >= 0.3 is 12.1 Å². The molecule has 0 aromatic heterocycles. The molecule has 206 valence electrons. The zero-order valence-corrected chi connectivity index (χ0v) is 22.8. The third-order valence-corrected chi connectivity index (χ3v) is 8.58. The number of hydrogen-bond acceptors (Lipinski definition) is 7. The Balaban J connectivity index is 3.20. The predicted octanol–water partition coefficient (Wildman–Crippen LogP) is 5.99. The number of carbonyl (C=O) groups is 2. The zero-order valence-electron chi connectivity index (χ0n) is 21.9. The number of hydrogen-bond donors (Lipinski definition) is 2. The summed E-state index contributed by atoms with van der Waals surface area (Å²) in [7, 11) is -3.55. The molecular weight excluding hydrogens is 493 g/mol. The minimum atomic E-state index is -3.55. The van der Waals surface area contributed by atoms with E-state index in [0.717, 1.165) is 0 Å².